The van der Waals surface area contributed by atoms with Crippen LogP contribution < -0.4 is 0 Å². The monoisotopic (exact) mass is 257 g/mol. The van der Waals surface area contributed by atoms with Crippen LogP contribution >= 0.6 is 0 Å². The molecular formula is C11H10F3N3O. The first kappa shape index (κ1) is 12.6. The van der Waals surface area contributed by atoms with Crippen LogP contribution in [-0.4, -0.2) is 19.9 Å². The first-order valence-corrected chi connectivity index (χ1v) is 5.08. The van der Waals surface area contributed by atoms with E-state index in [2.05, 4.69) is 10.1 Å². The Kier molecular flexibility index (Phi) is 3.08. The van der Waals surface area contributed by atoms with E-state index < -0.39 is 18.0 Å². The van der Waals surface area contributed by atoms with E-state index >= 15 is 0 Å². The van der Waals surface area contributed by atoms with E-state index in [1.165, 1.54) is 16.9 Å². The molecule has 2 aromatic heterocycles. The van der Waals surface area contributed by atoms with E-state index in [0.717, 1.165) is 12.3 Å². The van der Waals surface area contributed by atoms with Crippen molar-refractivity contribution in [3.63, 3.8) is 0 Å². The fraction of sp³-hybridized carbons (Fsp3) is 0.273. The third kappa shape index (κ3) is 2.35. The van der Waals surface area contributed by atoms with Gasteiger partial charge in [-0.15, -0.1) is 0 Å². The Labute approximate surface area is 101 Å². The molecule has 0 aliphatic rings. The normalized spacial score (nSPS) is 13.6. The molecule has 4 nitrogen and oxygen atoms in total. The molecule has 18 heavy (non-hydrogen) atoms. The number of rotatable bonds is 2. The lowest BCUT2D eigenvalue weighted by atomic mass is 10.1. The summed E-state index contributed by atoms with van der Waals surface area (Å²) in [7, 11) is 1.63. The molecule has 0 radical (unpaired) electrons. The number of aliphatic hydroxyl groups is 1. The molecule has 0 aliphatic carbocycles. The lowest BCUT2D eigenvalue weighted by Crippen LogP contribution is -2.10. The molecule has 1 N–H and O–H groups in total. The number of hydrogen-bond donors (Lipinski definition) is 1. The van der Waals surface area contributed by atoms with Gasteiger partial charge in [0.05, 0.1) is 5.69 Å². The molecule has 0 fully saturated rings. The van der Waals surface area contributed by atoms with Gasteiger partial charge in [0.15, 0.2) is 0 Å². The van der Waals surface area contributed by atoms with E-state index in [1.807, 2.05) is 0 Å². The third-order valence-corrected chi connectivity index (χ3v) is 2.53. The highest BCUT2D eigenvalue weighted by atomic mass is 19.4. The zero-order valence-corrected chi connectivity index (χ0v) is 9.39. The van der Waals surface area contributed by atoms with Crippen molar-refractivity contribution < 1.29 is 18.3 Å². The molecule has 1 atom stereocenters. The molecule has 0 spiro atoms. The standard InChI is InChI=1S/C11H10F3N3O/c1-17-8(4-5-16-17)10(18)7-2-3-9(15-6-7)11(12,13)14/h2-6,10,18H,1H3. The minimum atomic E-state index is -4.48. The lowest BCUT2D eigenvalue weighted by molar-refractivity contribution is -0.141. The first-order valence-electron chi connectivity index (χ1n) is 5.08. The second kappa shape index (κ2) is 4.41. The topological polar surface area (TPSA) is 50.9 Å². The average Bonchev–Trinajstić information content (AvgIpc) is 2.73. The van der Waals surface area contributed by atoms with E-state index in [0.29, 0.717) is 5.69 Å². The van der Waals surface area contributed by atoms with Crippen LogP contribution in [0.5, 0.6) is 0 Å². The molecule has 0 amide bonds. The number of pyridine rings is 1. The predicted octanol–water partition coefficient (Wildman–Crippen LogP) is 1.92. The van der Waals surface area contributed by atoms with Gasteiger partial charge in [-0.3, -0.25) is 9.67 Å². The predicted molar refractivity (Wildman–Crippen MR) is 56.5 cm³/mol. The molecule has 0 aliphatic heterocycles. The van der Waals surface area contributed by atoms with Crippen LogP contribution in [0.4, 0.5) is 13.2 Å². The summed E-state index contributed by atoms with van der Waals surface area (Å²) < 4.78 is 38.4. The maximum absolute atomic E-state index is 12.3. The van der Waals surface area contributed by atoms with Gasteiger partial charge < -0.3 is 5.11 Å². The van der Waals surface area contributed by atoms with Crippen molar-refractivity contribution in [1.82, 2.24) is 14.8 Å². The molecule has 2 rings (SSSR count). The molecular weight excluding hydrogens is 247 g/mol. The Balaban J connectivity index is 2.28. The summed E-state index contributed by atoms with van der Waals surface area (Å²) in [6.45, 7) is 0. The van der Waals surface area contributed by atoms with Crippen LogP contribution in [0.3, 0.4) is 0 Å². The highest BCUT2D eigenvalue weighted by molar-refractivity contribution is 5.24. The molecule has 0 aromatic carbocycles. The van der Waals surface area contributed by atoms with Gasteiger partial charge in [0.25, 0.3) is 0 Å². The first-order chi connectivity index (χ1) is 8.39. The van der Waals surface area contributed by atoms with Crippen molar-refractivity contribution in [2.45, 2.75) is 12.3 Å². The van der Waals surface area contributed by atoms with E-state index in [-0.39, 0.29) is 5.56 Å². The van der Waals surface area contributed by atoms with Crippen molar-refractivity contribution in [1.29, 1.82) is 0 Å². The van der Waals surface area contributed by atoms with E-state index in [4.69, 9.17) is 0 Å². The van der Waals surface area contributed by atoms with Crippen LogP contribution in [0.2, 0.25) is 0 Å². The second-order valence-corrected chi connectivity index (χ2v) is 3.76. The summed E-state index contributed by atoms with van der Waals surface area (Å²) in [5, 5.41) is 13.8. The van der Waals surface area contributed by atoms with E-state index in [1.54, 1.807) is 13.1 Å². The van der Waals surface area contributed by atoms with Gasteiger partial charge in [0, 0.05) is 25.0 Å². The van der Waals surface area contributed by atoms with Crippen molar-refractivity contribution in [3.05, 3.63) is 47.5 Å². The number of aryl methyl sites for hydroxylation is 1. The van der Waals surface area contributed by atoms with Crippen LogP contribution in [0.1, 0.15) is 23.1 Å². The van der Waals surface area contributed by atoms with E-state index in [9.17, 15) is 18.3 Å². The van der Waals surface area contributed by atoms with Crippen molar-refractivity contribution >= 4 is 0 Å². The van der Waals surface area contributed by atoms with Gasteiger partial charge in [-0.25, -0.2) is 0 Å². The Morgan fingerprint density at radius 3 is 2.44 bits per heavy atom. The Bertz CT molecular complexity index is 533. The second-order valence-electron chi connectivity index (χ2n) is 3.76. The van der Waals surface area contributed by atoms with Crippen molar-refractivity contribution in [3.8, 4) is 0 Å². The van der Waals surface area contributed by atoms with Crippen molar-refractivity contribution in [2.24, 2.45) is 7.05 Å². The fourth-order valence-electron chi connectivity index (χ4n) is 1.56. The maximum atomic E-state index is 12.3. The Hall–Kier alpha value is -1.89. The highest BCUT2D eigenvalue weighted by Gasteiger charge is 2.32. The summed E-state index contributed by atoms with van der Waals surface area (Å²) in [6.07, 6.45) is -3.01. The lowest BCUT2D eigenvalue weighted by Gasteiger charge is -2.12. The molecule has 0 bridgehead atoms. The summed E-state index contributed by atoms with van der Waals surface area (Å²) in [5.41, 5.74) is -0.216. The summed E-state index contributed by atoms with van der Waals surface area (Å²) in [4.78, 5) is 3.30. The number of hydrogen-bond acceptors (Lipinski definition) is 3. The smallest absolute Gasteiger partial charge is 0.382 e. The molecule has 2 heterocycles. The minimum Gasteiger partial charge on any atom is -0.382 e. The van der Waals surface area contributed by atoms with Crippen LogP contribution in [0.15, 0.2) is 30.6 Å². The SMILES string of the molecule is Cn1nccc1C(O)c1ccc(C(F)(F)F)nc1. The fourth-order valence-corrected chi connectivity index (χ4v) is 1.56. The van der Waals surface area contributed by atoms with Gasteiger partial charge in [-0.1, -0.05) is 6.07 Å². The van der Waals surface area contributed by atoms with Gasteiger partial charge in [-0.05, 0) is 12.1 Å². The molecule has 1 unspecified atom stereocenters. The van der Waals surface area contributed by atoms with Crippen LogP contribution in [0, 0.1) is 0 Å². The zero-order valence-electron chi connectivity index (χ0n) is 9.39. The molecule has 0 saturated carbocycles. The average molecular weight is 257 g/mol. The Morgan fingerprint density at radius 2 is 2.00 bits per heavy atom. The summed E-state index contributed by atoms with van der Waals surface area (Å²) >= 11 is 0. The molecule has 96 valence electrons. The number of aromatic nitrogens is 3. The number of aliphatic hydroxyl groups excluding tert-OH is 1. The number of halogens is 3. The molecule has 2 aromatic rings. The summed E-state index contributed by atoms with van der Waals surface area (Å²) in [5.74, 6) is 0. The quantitative estimate of drug-likeness (QED) is 0.894. The Morgan fingerprint density at radius 1 is 1.28 bits per heavy atom. The van der Waals surface area contributed by atoms with Crippen molar-refractivity contribution in [2.75, 3.05) is 0 Å². The van der Waals surface area contributed by atoms with Gasteiger partial charge in [0.1, 0.15) is 11.8 Å². The number of alkyl halides is 3. The largest absolute Gasteiger partial charge is 0.433 e. The van der Waals surface area contributed by atoms with Gasteiger partial charge in [-0.2, -0.15) is 18.3 Å². The highest BCUT2D eigenvalue weighted by Crippen LogP contribution is 2.28. The number of nitrogens with zero attached hydrogens (tertiary/aromatic N) is 3. The van der Waals surface area contributed by atoms with Crippen LogP contribution in [0.25, 0.3) is 0 Å². The minimum absolute atomic E-state index is 0.284. The van der Waals surface area contributed by atoms with Gasteiger partial charge in [0.2, 0.25) is 0 Å². The molecule has 0 saturated heterocycles. The summed E-state index contributed by atoms with van der Waals surface area (Å²) in [6, 6.07) is 3.63. The van der Waals surface area contributed by atoms with Gasteiger partial charge >= 0.3 is 6.18 Å². The van der Waals surface area contributed by atoms with Crippen LogP contribution in [-0.2, 0) is 13.2 Å². The molecule has 7 heteroatoms. The zero-order chi connectivity index (χ0) is 13.3. The third-order valence-electron chi connectivity index (χ3n) is 2.53. The maximum Gasteiger partial charge on any atom is 0.433 e.